The summed E-state index contributed by atoms with van der Waals surface area (Å²) in [6, 6.07) is 4.00. The van der Waals surface area contributed by atoms with Gasteiger partial charge in [-0.15, -0.1) is 11.3 Å². The number of aromatic nitrogens is 4. The molecule has 3 rings (SSSR count). The maximum absolute atomic E-state index is 4.43. The van der Waals surface area contributed by atoms with E-state index in [0.29, 0.717) is 0 Å². The van der Waals surface area contributed by atoms with E-state index < -0.39 is 0 Å². The Hall–Kier alpha value is -2.21. The van der Waals surface area contributed by atoms with E-state index >= 15 is 0 Å². The van der Waals surface area contributed by atoms with Crippen molar-refractivity contribution in [2.75, 3.05) is 12.4 Å². The molecule has 0 bridgehead atoms. The fraction of sp³-hybridized carbons (Fsp3) is 0.0833. The summed E-state index contributed by atoms with van der Waals surface area (Å²) in [6.07, 6.45) is 5.40. The van der Waals surface area contributed by atoms with Crippen LogP contribution in [0.1, 0.15) is 0 Å². The van der Waals surface area contributed by atoms with Crippen LogP contribution in [0.3, 0.4) is 0 Å². The van der Waals surface area contributed by atoms with E-state index in [2.05, 4.69) is 25.5 Å². The lowest BCUT2D eigenvalue weighted by Crippen LogP contribution is -1.91. The van der Waals surface area contributed by atoms with Crippen LogP contribution in [0.4, 0.5) is 5.82 Å². The molecule has 2 N–H and O–H groups in total. The summed E-state index contributed by atoms with van der Waals surface area (Å²) in [6.45, 7) is 0. The maximum atomic E-state index is 4.43. The fourth-order valence-corrected chi connectivity index (χ4v) is 2.34. The molecule has 5 nitrogen and oxygen atoms in total. The van der Waals surface area contributed by atoms with Crippen LogP contribution in [0.2, 0.25) is 0 Å². The second-order valence-corrected chi connectivity index (χ2v) is 4.57. The molecular formula is C12H11N5S. The minimum Gasteiger partial charge on any atom is -0.373 e. The van der Waals surface area contributed by atoms with Gasteiger partial charge >= 0.3 is 0 Å². The average molecular weight is 257 g/mol. The monoisotopic (exact) mass is 257 g/mol. The van der Waals surface area contributed by atoms with Crippen molar-refractivity contribution >= 4 is 17.2 Å². The van der Waals surface area contributed by atoms with Crippen molar-refractivity contribution in [2.24, 2.45) is 0 Å². The number of H-pyrrole nitrogens is 1. The molecule has 3 heterocycles. The van der Waals surface area contributed by atoms with E-state index in [9.17, 15) is 0 Å². The van der Waals surface area contributed by atoms with Crippen molar-refractivity contribution in [3.05, 3.63) is 36.1 Å². The van der Waals surface area contributed by atoms with E-state index in [1.165, 1.54) is 0 Å². The van der Waals surface area contributed by atoms with Gasteiger partial charge in [0, 0.05) is 35.9 Å². The lowest BCUT2D eigenvalue weighted by Gasteiger charge is -2.02. The molecule has 3 aromatic rings. The Bertz CT molecular complexity index is 627. The molecule has 0 spiro atoms. The normalized spacial score (nSPS) is 10.5. The van der Waals surface area contributed by atoms with Crippen LogP contribution < -0.4 is 5.32 Å². The predicted molar refractivity (Wildman–Crippen MR) is 72.5 cm³/mol. The Morgan fingerprint density at radius 3 is 2.83 bits per heavy atom. The topological polar surface area (TPSA) is 66.5 Å². The van der Waals surface area contributed by atoms with E-state index in [0.717, 1.165) is 27.6 Å². The Morgan fingerprint density at radius 2 is 2.17 bits per heavy atom. The molecule has 0 radical (unpaired) electrons. The highest BCUT2D eigenvalue weighted by atomic mass is 32.1. The summed E-state index contributed by atoms with van der Waals surface area (Å²) in [5.41, 5.74) is 2.92. The second-order valence-electron chi connectivity index (χ2n) is 3.68. The molecule has 90 valence electrons. The second kappa shape index (κ2) is 4.58. The Morgan fingerprint density at radius 1 is 1.22 bits per heavy atom. The van der Waals surface area contributed by atoms with Crippen molar-refractivity contribution < 1.29 is 0 Å². The van der Waals surface area contributed by atoms with E-state index in [1.807, 2.05) is 30.8 Å². The van der Waals surface area contributed by atoms with Crippen molar-refractivity contribution in [1.29, 1.82) is 0 Å². The molecule has 0 aliphatic carbocycles. The zero-order chi connectivity index (χ0) is 12.4. The Labute approximate surface area is 108 Å². The zero-order valence-corrected chi connectivity index (χ0v) is 10.5. The SMILES string of the molecule is CNc1[nH]ncc1-c1ccc(-c2nccs2)nc1. The van der Waals surface area contributed by atoms with Crippen LogP contribution in [0.25, 0.3) is 21.8 Å². The largest absolute Gasteiger partial charge is 0.373 e. The molecule has 6 heteroatoms. The van der Waals surface area contributed by atoms with Gasteiger partial charge in [0.2, 0.25) is 0 Å². The van der Waals surface area contributed by atoms with Crippen molar-refractivity contribution in [3.63, 3.8) is 0 Å². The Kier molecular flexibility index (Phi) is 2.77. The van der Waals surface area contributed by atoms with Crippen molar-refractivity contribution in [3.8, 4) is 21.8 Å². The highest BCUT2D eigenvalue weighted by Crippen LogP contribution is 2.27. The maximum Gasteiger partial charge on any atom is 0.141 e. The predicted octanol–water partition coefficient (Wildman–Crippen LogP) is 2.64. The third kappa shape index (κ3) is 1.86. The van der Waals surface area contributed by atoms with Crippen molar-refractivity contribution in [2.45, 2.75) is 0 Å². The first-order valence-corrected chi connectivity index (χ1v) is 6.34. The first kappa shape index (κ1) is 10.9. The van der Waals surface area contributed by atoms with Gasteiger partial charge in [0.05, 0.1) is 11.9 Å². The van der Waals surface area contributed by atoms with Gasteiger partial charge in [-0.2, -0.15) is 5.10 Å². The van der Waals surface area contributed by atoms with Gasteiger partial charge in [-0.3, -0.25) is 10.1 Å². The molecule has 0 unspecified atom stereocenters. The smallest absolute Gasteiger partial charge is 0.141 e. The molecule has 0 aliphatic rings. The van der Waals surface area contributed by atoms with E-state index in [-0.39, 0.29) is 0 Å². The summed E-state index contributed by atoms with van der Waals surface area (Å²) >= 11 is 1.58. The third-order valence-electron chi connectivity index (χ3n) is 2.62. The number of aromatic amines is 1. The van der Waals surface area contributed by atoms with Gasteiger partial charge in [-0.25, -0.2) is 4.98 Å². The van der Waals surface area contributed by atoms with E-state index in [1.54, 1.807) is 23.7 Å². The van der Waals surface area contributed by atoms with Crippen LogP contribution in [-0.4, -0.2) is 27.2 Å². The number of hydrogen-bond acceptors (Lipinski definition) is 5. The number of thiazole rings is 1. The highest BCUT2D eigenvalue weighted by molar-refractivity contribution is 7.13. The summed E-state index contributed by atoms with van der Waals surface area (Å²) in [5.74, 6) is 0.888. The molecule has 0 saturated carbocycles. The lowest BCUT2D eigenvalue weighted by molar-refractivity contribution is 1.09. The number of nitrogens with zero attached hydrogens (tertiary/aromatic N) is 3. The van der Waals surface area contributed by atoms with Gasteiger partial charge in [0.25, 0.3) is 0 Å². The number of anilines is 1. The average Bonchev–Trinajstić information content (AvgIpc) is 3.10. The van der Waals surface area contributed by atoms with Crippen molar-refractivity contribution in [1.82, 2.24) is 20.2 Å². The van der Waals surface area contributed by atoms with E-state index in [4.69, 9.17) is 0 Å². The van der Waals surface area contributed by atoms with Crippen LogP contribution >= 0.6 is 11.3 Å². The van der Waals surface area contributed by atoms with Crippen LogP contribution in [0.5, 0.6) is 0 Å². The Balaban J connectivity index is 1.96. The standard InChI is InChI=1S/C12H11N5S/c1-13-11-9(7-16-17-11)8-2-3-10(15-6-8)12-14-4-5-18-12/h2-7H,1H3,(H2,13,16,17). The quantitative estimate of drug-likeness (QED) is 0.757. The minimum atomic E-state index is 0.888. The number of pyridine rings is 1. The van der Waals surface area contributed by atoms with Crippen LogP contribution in [0.15, 0.2) is 36.1 Å². The molecule has 18 heavy (non-hydrogen) atoms. The fourth-order valence-electron chi connectivity index (χ4n) is 1.73. The van der Waals surface area contributed by atoms with Gasteiger partial charge in [-0.1, -0.05) is 6.07 Å². The summed E-state index contributed by atoms with van der Waals surface area (Å²) < 4.78 is 0. The molecule has 0 aromatic carbocycles. The number of nitrogens with one attached hydrogen (secondary N) is 2. The molecule has 0 fully saturated rings. The molecule has 0 atom stereocenters. The summed E-state index contributed by atoms with van der Waals surface area (Å²) in [5, 5.41) is 12.9. The molecule has 0 aliphatic heterocycles. The zero-order valence-electron chi connectivity index (χ0n) is 9.71. The highest BCUT2D eigenvalue weighted by Gasteiger charge is 2.08. The molecule has 3 aromatic heterocycles. The van der Waals surface area contributed by atoms with Gasteiger partial charge in [0.15, 0.2) is 0 Å². The summed E-state index contributed by atoms with van der Waals surface area (Å²) in [4.78, 5) is 8.67. The van der Waals surface area contributed by atoms with Gasteiger partial charge in [0.1, 0.15) is 10.8 Å². The molecular weight excluding hydrogens is 246 g/mol. The molecule has 0 saturated heterocycles. The summed E-state index contributed by atoms with van der Waals surface area (Å²) in [7, 11) is 1.86. The first-order valence-electron chi connectivity index (χ1n) is 5.46. The van der Waals surface area contributed by atoms with Gasteiger partial charge < -0.3 is 5.32 Å². The third-order valence-corrected chi connectivity index (χ3v) is 3.41. The van der Waals surface area contributed by atoms with Crippen LogP contribution in [-0.2, 0) is 0 Å². The lowest BCUT2D eigenvalue weighted by atomic mass is 10.1. The minimum absolute atomic E-state index is 0.888. The molecule has 0 amide bonds. The number of rotatable bonds is 3. The van der Waals surface area contributed by atoms with Crippen LogP contribution in [0, 0.1) is 0 Å². The van der Waals surface area contributed by atoms with Gasteiger partial charge in [-0.05, 0) is 6.07 Å². The number of hydrogen-bond donors (Lipinski definition) is 2. The first-order chi connectivity index (χ1) is 8.88.